The van der Waals surface area contributed by atoms with E-state index >= 15 is 0 Å². The van der Waals surface area contributed by atoms with Crippen LogP contribution in [0.25, 0.3) is 22.1 Å². The van der Waals surface area contributed by atoms with Gasteiger partial charge < -0.3 is 9.32 Å². The van der Waals surface area contributed by atoms with Crippen molar-refractivity contribution in [2.24, 2.45) is 0 Å². The normalized spacial score (nSPS) is 23.9. The van der Waals surface area contributed by atoms with Crippen molar-refractivity contribution in [1.82, 2.24) is 9.88 Å². The van der Waals surface area contributed by atoms with Crippen LogP contribution in [0, 0.1) is 6.92 Å². The van der Waals surface area contributed by atoms with Gasteiger partial charge in [0.05, 0.1) is 17.9 Å². The molecular formula is C24H23N3O. The van der Waals surface area contributed by atoms with Gasteiger partial charge in [0.15, 0.2) is 5.58 Å². The lowest BCUT2D eigenvalue weighted by molar-refractivity contribution is 0.154. The molecule has 2 aromatic carbocycles. The van der Waals surface area contributed by atoms with Crippen LogP contribution in [0.1, 0.15) is 36.1 Å². The molecule has 7 rings (SSSR count). The minimum absolute atomic E-state index is 0.316. The number of hydrogen-bond acceptors (Lipinski definition) is 4. The highest BCUT2D eigenvalue weighted by molar-refractivity contribution is 6.08. The standard InChI is InChI=1S/C24H23N3O/c1-15-9-10-19-20-8-5-12-25-24(20)28-23(19)22(15)27-16(2)26-13-11-21(27)18-7-4-3-6-17(18)14-26/h3-10,12,16,21H,11,13-14H2,1-2H3/t16-,21?/m0/s1. The fourth-order valence-electron chi connectivity index (χ4n) is 5.21. The van der Waals surface area contributed by atoms with Gasteiger partial charge in [-0.05, 0) is 49.1 Å². The summed E-state index contributed by atoms with van der Waals surface area (Å²) in [4.78, 5) is 9.64. The molecule has 2 aromatic heterocycles. The Labute approximate surface area is 164 Å². The Hall–Kier alpha value is -2.85. The lowest BCUT2D eigenvalue weighted by Crippen LogP contribution is -2.51. The van der Waals surface area contributed by atoms with E-state index in [1.54, 1.807) is 6.20 Å². The Morgan fingerprint density at radius 3 is 2.86 bits per heavy atom. The van der Waals surface area contributed by atoms with Crippen LogP contribution in [-0.2, 0) is 6.54 Å². The highest BCUT2D eigenvalue weighted by atomic mass is 16.3. The molecule has 0 aliphatic carbocycles. The third kappa shape index (κ3) is 2.12. The summed E-state index contributed by atoms with van der Waals surface area (Å²) in [5, 5.41) is 2.24. The highest BCUT2D eigenvalue weighted by Gasteiger charge is 2.40. The summed E-state index contributed by atoms with van der Waals surface area (Å²) in [6.45, 7) is 6.67. The molecule has 0 N–H and O–H groups in total. The molecule has 3 aliphatic rings. The van der Waals surface area contributed by atoms with Crippen LogP contribution in [0.3, 0.4) is 0 Å². The number of benzene rings is 2. The molecule has 1 saturated heterocycles. The van der Waals surface area contributed by atoms with Crippen LogP contribution in [0.2, 0.25) is 0 Å². The van der Waals surface area contributed by atoms with E-state index in [1.807, 2.05) is 6.07 Å². The molecule has 28 heavy (non-hydrogen) atoms. The van der Waals surface area contributed by atoms with Crippen LogP contribution < -0.4 is 4.90 Å². The van der Waals surface area contributed by atoms with Crippen molar-refractivity contribution in [2.45, 2.75) is 39.0 Å². The summed E-state index contributed by atoms with van der Waals surface area (Å²) in [6.07, 6.45) is 3.25. The first-order chi connectivity index (χ1) is 13.7. The molecule has 2 bridgehead atoms. The minimum atomic E-state index is 0.316. The van der Waals surface area contributed by atoms with E-state index in [0.29, 0.717) is 12.2 Å². The molecule has 0 spiro atoms. The van der Waals surface area contributed by atoms with Gasteiger partial charge in [-0.2, -0.15) is 0 Å². The molecule has 4 heteroatoms. The van der Waals surface area contributed by atoms with Crippen molar-refractivity contribution in [3.8, 4) is 0 Å². The van der Waals surface area contributed by atoms with E-state index in [1.165, 1.54) is 22.4 Å². The van der Waals surface area contributed by atoms with Crippen molar-refractivity contribution in [1.29, 1.82) is 0 Å². The number of nitrogens with zero attached hydrogens (tertiary/aromatic N) is 3. The van der Waals surface area contributed by atoms with Gasteiger partial charge in [-0.3, -0.25) is 4.90 Å². The van der Waals surface area contributed by atoms with Crippen LogP contribution in [-0.4, -0.2) is 22.6 Å². The van der Waals surface area contributed by atoms with Gasteiger partial charge in [0.2, 0.25) is 5.71 Å². The Balaban J connectivity index is 1.64. The highest BCUT2D eigenvalue weighted by Crippen LogP contribution is 2.46. The molecule has 3 aliphatic heterocycles. The largest absolute Gasteiger partial charge is 0.436 e. The lowest BCUT2D eigenvalue weighted by atomic mass is 9.95. The van der Waals surface area contributed by atoms with E-state index < -0.39 is 0 Å². The number of furan rings is 1. The van der Waals surface area contributed by atoms with E-state index in [9.17, 15) is 0 Å². The maximum absolute atomic E-state index is 6.33. The number of aromatic nitrogens is 1. The molecule has 140 valence electrons. The van der Waals surface area contributed by atoms with E-state index in [4.69, 9.17) is 4.42 Å². The van der Waals surface area contributed by atoms with Gasteiger partial charge in [-0.25, -0.2) is 4.98 Å². The van der Waals surface area contributed by atoms with Gasteiger partial charge in [0, 0.05) is 30.1 Å². The van der Waals surface area contributed by atoms with Crippen LogP contribution >= 0.6 is 0 Å². The van der Waals surface area contributed by atoms with Crippen LogP contribution in [0.5, 0.6) is 0 Å². The fourth-order valence-corrected chi connectivity index (χ4v) is 5.21. The third-order valence-corrected chi connectivity index (χ3v) is 6.60. The van der Waals surface area contributed by atoms with Crippen molar-refractivity contribution < 1.29 is 4.42 Å². The molecule has 0 amide bonds. The van der Waals surface area contributed by atoms with Crippen molar-refractivity contribution in [3.05, 3.63) is 71.4 Å². The van der Waals surface area contributed by atoms with Crippen molar-refractivity contribution in [3.63, 3.8) is 0 Å². The van der Waals surface area contributed by atoms with Gasteiger partial charge >= 0.3 is 0 Å². The summed E-state index contributed by atoms with van der Waals surface area (Å²) in [5.74, 6) is 0. The predicted octanol–water partition coefficient (Wildman–Crippen LogP) is 5.40. The summed E-state index contributed by atoms with van der Waals surface area (Å²) in [7, 11) is 0. The summed E-state index contributed by atoms with van der Waals surface area (Å²) in [6, 6.07) is 17.8. The van der Waals surface area contributed by atoms with E-state index in [-0.39, 0.29) is 0 Å². The fraction of sp³-hybridized carbons (Fsp3) is 0.292. The maximum atomic E-state index is 6.33. The van der Waals surface area contributed by atoms with Crippen molar-refractivity contribution >= 4 is 27.8 Å². The number of pyridine rings is 1. The van der Waals surface area contributed by atoms with Crippen molar-refractivity contribution in [2.75, 3.05) is 11.4 Å². The zero-order valence-electron chi connectivity index (χ0n) is 16.2. The zero-order chi connectivity index (χ0) is 18.8. The number of aryl methyl sites for hydroxylation is 1. The molecule has 1 fully saturated rings. The second-order valence-corrected chi connectivity index (χ2v) is 8.08. The van der Waals surface area contributed by atoms with E-state index in [0.717, 1.165) is 41.6 Å². The second-order valence-electron chi connectivity index (χ2n) is 8.08. The summed E-state index contributed by atoms with van der Waals surface area (Å²) in [5.41, 5.74) is 7.07. The molecule has 0 saturated carbocycles. The molecule has 2 unspecified atom stereocenters. The lowest BCUT2D eigenvalue weighted by Gasteiger charge is -2.46. The Morgan fingerprint density at radius 2 is 1.93 bits per heavy atom. The second kappa shape index (κ2) is 5.82. The molecular weight excluding hydrogens is 346 g/mol. The average molecular weight is 369 g/mol. The van der Waals surface area contributed by atoms with Gasteiger partial charge in [0.1, 0.15) is 0 Å². The Bertz CT molecular complexity index is 1210. The number of rotatable bonds is 1. The van der Waals surface area contributed by atoms with E-state index in [2.05, 4.69) is 71.1 Å². The number of hydrogen-bond donors (Lipinski definition) is 0. The topological polar surface area (TPSA) is 32.5 Å². The van der Waals surface area contributed by atoms with Gasteiger partial charge in [-0.1, -0.05) is 36.4 Å². The third-order valence-electron chi connectivity index (χ3n) is 6.60. The Kier molecular flexibility index (Phi) is 3.36. The molecule has 4 aromatic rings. The Morgan fingerprint density at radius 1 is 1.04 bits per heavy atom. The predicted molar refractivity (Wildman–Crippen MR) is 112 cm³/mol. The van der Waals surface area contributed by atoms with Crippen LogP contribution in [0.4, 0.5) is 5.69 Å². The monoisotopic (exact) mass is 369 g/mol. The number of fused-ring (bicyclic) bond motifs is 5. The van der Waals surface area contributed by atoms with Gasteiger partial charge in [0.25, 0.3) is 0 Å². The molecule has 0 radical (unpaired) electrons. The summed E-state index contributed by atoms with van der Waals surface area (Å²) >= 11 is 0. The zero-order valence-corrected chi connectivity index (χ0v) is 16.2. The van der Waals surface area contributed by atoms with Gasteiger partial charge in [-0.15, -0.1) is 0 Å². The first-order valence-corrected chi connectivity index (χ1v) is 10.1. The smallest absolute Gasteiger partial charge is 0.227 e. The first kappa shape index (κ1) is 16.1. The minimum Gasteiger partial charge on any atom is -0.436 e. The number of anilines is 1. The van der Waals surface area contributed by atoms with Crippen LogP contribution in [0.15, 0.2) is 59.1 Å². The quantitative estimate of drug-likeness (QED) is 0.449. The summed E-state index contributed by atoms with van der Waals surface area (Å²) < 4.78 is 6.33. The molecule has 3 atom stereocenters. The average Bonchev–Trinajstić information content (AvgIpc) is 2.92. The molecule has 5 heterocycles. The molecule has 4 nitrogen and oxygen atoms in total. The first-order valence-electron chi connectivity index (χ1n) is 10.1. The maximum Gasteiger partial charge on any atom is 0.227 e. The SMILES string of the molecule is Cc1ccc2c(oc3ncccc32)c1N1C2CCN(Cc3ccccc32)[C@@H]1C.